The maximum absolute atomic E-state index is 10.9. The Morgan fingerprint density at radius 1 is 1.19 bits per heavy atom. The van der Waals surface area contributed by atoms with Crippen molar-refractivity contribution in [3.8, 4) is 12.1 Å². The van der Waals surface area contributed by atoms with E-state index in [-0.39, 0.29) is 27.7 Å². The highest BCUT2D eigenvalue weighted by Gasteiger charge is 2.09. The monoisotopic (exact) mass is 298 g/mol. The third-order valence-electron chi connectivity index (χ3n) is 2.57. The standard InChI is InChI=1S/C14H7ClN4O2/c15-12-4-9(14(20)21)5-13(19-12)18-11-2-1-8(6-16)10(3-11)7-17/h1-5H,(H,18,19)(H,20,21). The Labute approximate surface area is 124 Å². The number of nitrogens with zero attached hydrogens (tertiary/aromatic N) is 3. The summed E-state index contributed by atoms with van der Waals surface area (Å²) in [5.74, 6) is -0.895. The number of halogens is 1. The molecule has 0 unspecified atom stereocenters. The van der Waals surface area contributed by atoms with Crippen LogP contribution in [-0.4, -0.2) is 16.1 Å². The number of pyridine rings is 1. The van der Waals surface area contributed by atoms with Gasteiger partial charge in [-0.1, -0.05) is 11.6 Å². The van der Waals surface area contributed by atoms with E-state index in [9.17, 15) is 4.79 Å². The van der Waals surface area contributed by atoms with Crippen molar-refractivity contribution in [2.24, 2.45) is 0 Å². The molecule has 7 heteroatoms. The van der Waals surface area contributed by atoms with E-state index in [4.69, 9.17) is 27.2 Å². The predicted octanol–water partition coefficient (Wildman–Crippen LogP) is 2.92. The molecular weight excluding hydrogens is 292 g/mol. The summed E-state index contributed by atoms with van der Waals surface area (Å²) in [6.45, 7) is 0. The number of carboxylic acids is 1. The predicted molar refractivity (Wildman–Crippen MR) is 75.4 cm³/mol. The van der Waals surface area contributed by atoms with Gasteiger partial charge in [-0.05, 0) is 30.3 Å². The molecule has 1 heterocycles. The number of aromatic nitrogens is 1. The molecule has 0 bridgehead atoms. The van der Waals surface area contributed by atoms with E-state index in [0.717, 1.165) is 0 Å². The van der Waals surface area contributed by atoms with Gasteiger partial charge in [0, 0.05) is 5.69 Å². The molecule has 6 nitrogen and oxygen atoms in total. The fourth-order valence-electron chi connectivity index (χ4n) is 1.64. The third kappa shape index (κ3) is 3.27. The fourth-order valence-corrected chi connectivity index (χ4v) is 1.85. The zero-order valence-electron chi connectivity index (χ0n) is 10.5. The van der Waals surface area contributed by atoms with E-state index in [1.54, 1.807) is 6.07 Å². The normalized spacial score (nSPS) is 9.48. The van der Waals surface area contributed by atoms with Gasteiger partial charge < -0.3 is 10.4 Å². The van der Waals surface area contributed by atoms with E-state index in [1.807, 2.05) is 12.1 Å². The van der Waals surface area contributed by atoms with Crippen LogP contribution in [0.5, 0.6) is 0 Å². The SMILES string of the molecule is N#Cc1ccc(Nc2cc(C(=O)O)cc(Cl)n2)cc1C#N. The first-order valence-electron chi connectivity index (χ1n) is 5.65. The second-order valence-electron chi connectivity index (χ2n) is 3.98. The summed E-state index contributed by atoms with van der Waals surface area (Å²) >= 11 is 5.76. The minimum Gasteiger partial charge on any atom is -0.478 e. The van der Waals surface area contributed by atoms with Crippen LogP contribution in [-0.2, 0) is 0 Å². The van der Waals surface area contributed by atoms with Gasteiger partial charge >= 0.3 is 5.97 Å². The molecule has 102 valence electrons. The number of carbonyl (C=O) groups is 1. The molecule has 0 aliphatic carbocycles. The van der Waals surface area contributed by atoms with Crippen molar-refractivity contribution in [1.29, 1.82) is 10.5 Å². The van der Waals surface area contributed by atoms with Gasteiger partial charge in [0.1, 0.15) is 23.1 Å². The Kier molecular flexibility index (Phi) is 4.03. The first kappa shape index (κ1) is 14.3. The number of aromatic carboxylic acids is 1. The van der Waals surface area contributed by atoms with Crippen LogP contribution < -0.4 is 5.32 Å². The molecule has 0 atom stereocenters. The molecule has 2 aromatic rings. The van der Waals surface area contributed by atoms with Gasteiger partial charge in [-0.2, -0.15) is 10.5 Å². The van der Waals surface area contributed by atoms with Crippen molar-refractivity contribution in [1.82, 2.24) is 4.98 Å². The highest BCUT2D eigenvalue weighted by atomic mass is 35.5. The molecule has 21 heavy (non-hydrogen) atoms. The molecule has 0 radical (unpaired) electrons. The van der Waals surface area contributed by atoms with E-state index in [0.29, 0.717) is 5.69 Å². The zero-order chi connectivity index (χ0) is 15.4. The molecule has 0 spiro atoms. The van der Waals surface area contributed by atoms with Crippen molar-refractivity contribution in [3.05, 3.63) is 52.2 Å². The summed E-state index contributed by atoms with van der Waals surface area (Å²) < 4.78 is 0. The Hall–Kier alpha value is -3.09. The minimum atomic E-state index is -1.13. The highest BCUT2D eigenvalue weighted by molar-refractivity contribution is 6.29. The first-order valence-corrected chi connectivity index (χ1v) is 6.03. The first-order chi connectivity index (χ1) is 10.0. The maximum atomic E-state index is 10.9. The molecule has 0 aliphatic rings. The van der Waals surface area contributed by atoms with Gasteiger partial charge in [-0.3, -0.25) is 0 Å². The summed E-state index contributed by atoms with van der Waals surface area (Å²) in [6.07, 6.45) is 0. The van der Waals surface area contributed by atoms with Gasteiger partial charge in [0.25, 0.3) is 0 Å². The second-order valence-corrected chi connectivity index (χ2v) is 4.37. The Morgan fingerprint density at radius 3 is 2.52 bits per heavy atom. The lowest BCUT2D eigenvalue weighted by Crippen LogP contribution is -2.01. The van der Waals surface area contributed by atoms with Crippen LogP contribution >= 0.6 is 11.6 Å². The highest BCUT2D eigenvalue weighted by Crippen LogP contribution is 2.21. The van der Waals surface area contributed by atoms with Crippen LogP contribution in [0.4, 0.5) is 11.5 Å². The molecule has 1 aromatic carbocycles. The Balaban J connectivity index is 2.37. The molecule has 0 aliphatic heterocycles. The van der Waals surface area contributed by atoms with Crippen LogP contribution in [0.1, 0.15) is 21.5 Å². The quantitative estimate of drug-likeness (QED) is 0.843. The second kappa shape index (κ2) is 5.91. The third-order valence-corrected chi connectivity index (χ3v) is 2.77. The van der Waals surface area contributed by atoms with Crippen LogP contribution in [0.2, 0.25) is 5.15 Å². The van der Waals surface area contributed by atoms with Crippen LogP contribution in [0.3, 0.4) is 0 Å². The smallest absolute Gasteiger partial charge is 0.335 e. The number of carboxylic acid groups (broad SMARTS) is 1. The number of hydrogen-bond donors (Lipinski definition) is 2. The lowest BCUT2D eigenvalue weighted by atomic mass is 10.1. The van der Waals surface area contributed by atoms with Crippen molar-refractivity contribution >= 4 is 29.1 Å². The zero-order valence-corrected chi connectivity index (χ0v) is 11.2. The summed E-state index contributed by atoms with van der Waals surface area (Å²) in [4.78, 5) is 14.9. The molecule has 0 saturated heterocycles. The van der Waals surface area contributed by atoms with Crippen LogP contribution in [0, 0.1) is 22.7 Å². The number of nitriles is 2. The molecular formula is C14H7ClN4O2. The van der Waals surface area contributed by atoms with Gasteiger partial charge in [0.05, 0.1) is 16.7 Å². The van der Waals surface area contributed by atoms with Gasteiger partial charge in [0.15, 0.2) is 0 Å². The maximum Gasteiger partial charge on any atom is 0.335 e. The number of nitrogens with one attached hydrogen (secondary N) is 1. The molecule has 0 fully saturated rings. The molecule has 2 rings (SSSR count). The molecule has 0 saturated carbocycles. The summed E-state index contributed by atoms with van der Waals surface area (Å²) in [5.41, 5.74) is 0.958. The summed E-state index contributed by atoms with van der Waals surface area (Å²) in [6, 6.07) is 10.9. The Morgan fingerprint density at radius 2 is 1.90 bits per heavy atom. The number of anilines is 2. The average Bonchev–Trinajstić information content (AvgIpc) is 2.46. The Bertz CT molecular complexity index is 806. The van der Waals surface area contributed by atoms with E-state index < -0.39 is 5.97 Å². The molecule has 1 aromatic heterocycles. The fraction of sp³-hybridized carbons (Fsp3) is 0. The van der Waals surface area contributed by atoms with E-state index >= 15 is 0 Å². The largest absolute Gasteiger partial charge is 0.478 e. The average molecular weight is 299 g/mol. The van der Waals surface area contributed by atoms with Crippen LogP contribution in [0.15, 0.2) is 30.3 Å². The molecule has 0 amide bonds. The van der Waals surface area contributed by atoms with Crippen molar-refractivity contribution in [2.45, 2.75) is 0 Å². The summed E-state index contributed by atoms with van der Waals surface area (Å²) in [5, 5.41) is 29.6. The summed E-state index contributed by atoms with van der Waals surface area (Å²) in [7, 11) is 0. The minimum absolute atomic E-state index is 0.00773. The van der Waals surface area contributed by atoms with E-state index in [2.05, 4.69) is 10.3 Å². The van der Waals surface area contributed by atoms with Crippen molar-refractivity contribution < 1.29 is 9.90 Å². The number of rotatable bonds is 3. The molecule has 2 N–H and O–H groups in total. The number of hydrogen-bond acceptors (Lipinski definition) is 5. The van der Waals surface area contributed by atoms with E-state index in [1.165, 1.54) is 24.3 Å². The number of benzene rings is 1. The lowest BCUT2D eigenvalue weighted by Gasteiger charge is -2.08. The topological polar surface area (TPSA) is 110 Å². The van der Waals surface area contributed by atoms with Crippen molar-refractivity contribution in [2.75, 3.05) is 5.32 Å². The van der Waals surface area contributed by atoms with Gasteiger partial charge in [-0.25, -0.2) is 9.78 Å². The van der Waals surface area contributed by atoms with Gasteiger partial charge in [-0.15, -0.1) is 0 Å². The lowest BCUT2D eigenvalue weighted by molar-refractivity contribution is 0.0697. The van der Waals surface area contributed by atoms with Gasteiger partial charge in [0.2, 0.25) is 0 Å². The van der Waals surface area contributed by atoms with Crippen molar-refractivity contribution in [3.63, 3.8) is 0 Å². The van der Waals surface area contributed by atoms with Crippen LogP contribution in [0.25, 0.3) is 0 Å².